The maximum atomic E-state index is 5.73. The Kier molecular flexibility index (Phi) is 2.91. The minimum atomic E-state index is -0.0198. The Morgan fingerprint density at radius 1 is 1.28 bits per heavy atom. The summed E-state index contributed by atoms with van der Waals surface area (Å²) in [6.45, 7) is 2.10. The lowest BCUT2D eigenvalue weighted by Crippen LogP contribution is -2.28. The molecule has 3 aromatic rings. The first-order valence-corrected chi connectivity index (χ1v) is 6.65. The number of para-hydroxylation sites is 1. The molecule has 0 fully saturated rings. The molecule has 3 nitrogen and oxygen atoms in total. The summed E-state index contributed by atoms with van der Waals surface area (Å²) in [6.07, 6.45) is 1.79. The van der Waals surface area contributed by atoms with Gasteiger partial charge in [0.25, 0.3) is 0 Å². The van der Waals surface area contributed by atoms with Crippen molar-refractivity contribution in [3.05, 3.63) is 58.0 Å². The largest absolute Gasteiger partial charge is 0.464 e. The van der Waals surface area contributed by atoms with E-state index in [1.165, 1.54) is 10.4 Å². The second-order valence-corrected chi connectivity index (χ2v) is 5.20. The van der Waals surface area contributed by atoms with E-state index >= 15 is 0 Å². The first-order valence-electron chi connectivity index (χ1n) is 5.77. The molecule has 4 heteroatoms. The summed E-state index contributed by atoms with van der Waals surface area (Å²) >= 11 is 1.70. The summed E-state index contributed by atoms with van der Waals surface area (Å²) in [7, 11) is 0. The molecule has 92 valence electrons. The van der Waals surface area contributed by atoms with Gasteiger partial charge in [-0.05, 0) is 30.0 Å². The third kappa shape index (κ3) is 1.75. The van der Waals surface area contributed by atoms with Crippen LogP contribution in [-0.4, -0.2) is 0 Å². The summed E-state index contributed by atoms with van der Waals surface area (Å²) in [6, 6.07) is 10.1. The van der Waals surface area contributed by atoms with Crippen molar-refractivity contribution in [2.24, 2.45) is 5.84 Å². The normalized spacial score (nSPS) is 13.0. The predicted octanol–water partition coefficient (Wildman–Crippen LogP) is 3.36. The molecule has 0 aliphatic heterocycles. The zero-order valence-electron chi connectivity index (χ0n) is 10.0. The van der Waals surface area contributed by atoms with Crippen molar-refractivity contribution in [3.8, 4) is 0 Å². The quantitative estimate of drug-likeness (QED) is 0.559. The minimum Gasteiger partial charge on any atom is -0.464 e. The number of thiophene rings is 1. The van der Waals surface area contributed by atoms with Crippen LogP contribution in [0, 0.1) is 6.92 Å². The van der Waals surface area contributed by atoms with Crippen molar-refractivity contribution in [3.63, 3.8) is 0 Å². The van der Waals surface area contributed by atoms with Gasteiger partial charge in [0.2, 0.25) is 0 Å². The van der Waals surface area contributed by atoms with Gasteiger partial charge in [-0.25, -0.2) is 5.43 Å². The van der Waals surface area contributed by atoms with Gasteiger partial charge in [-0.1, -0.05) is 18.2 Å². The van der Waals surface area contributed by atoms with E-state index in [-0.39, 0.29) is 6.04 Å². The summed E-state index contributed by atoms with van der Waals surface area (Å²) in [5.74, 6) is 5.73. The standard InChI is InChI=1S/C14H14N2OS/c1-9-6-7-18-14(9)13(16-15)11-8-17-12-5-3-2-4-10(11)12/h2-8,13,16H,15H2,1H3. The van der Waals surface area contributed by atoms with Crippen molar-refractivity contribution in [1.82, 2.24) is 5.43 Å². The van der Waals surface area contributed by atoms with Gasteiger partial charge in [0, 0.05) is 15.8 Å². The number of furan rings is 1. The summed E-state index contributed by atoms with van der Waals surface area (Å²) < 4.78 is 5.58. The van der Waals surface area contributed by atoms with Gasteiger partial charge in [0.05, 0.1) is 12.3 Å². The average Bonchev–Trinajstić information content (AvgIpc) is 2.99. The Balaban J connectivity index is 2.15. The number of nitrogens with one attached hydrogen (secondary N) is 1. The van der Waals surface area contributed by atoms with Crippen LogP contribution in [0.25, 0.3) is 11.0 Å². The zero-order chi connectivity index (χ0) is 12.5. The lowest BCUT2D eigenvalue weighted by molar-refractivity contribution is 0.588. The molecule has 0 saturated carbocycles. The van der Waals surface area contributed by atoms with Crippen LogP contribution in [0.15, 0.2) is 46.4 Å². The molecule has 0 aliphatic rings. The molecule has 2 heterocycles. The number of hydrazine groups is 1. The van der Waals surface area contributed by atoms with Crippen molar-refractivity contribution in [1.29, 1.82) is 0 Å². The summed E-state index contributed by atoms with van der Waals surface area (Å²) in [4.78, 5) is 1.23. The van der Waals surface area contributed by atoms with Crippen LogP contribution < -0.4 is 11.3 Å². The minimum absolute atomic E-state index is 0.0198. The van der Waals surface area contributed by atoms with E-state index < -0.39 is 0 Å². The van der Waals surface area contributed by atoms with Crippen molar-refractivity contribution >= 4 is 22.3 Å². The van der Waals surface area contributed by atoms with Crippen molar-refractivity contribution in [2.75, 3.05) is 0 Å². The molecule has 1 atom stereocenters. The Morgan fingerprint density at radius 3 is 2.83 bits per heavy atom. The Bertz CT molecular complexity index is 671. The van der Waals surface area contributed by atoms with E-state index in [1.807, 2.05) is 18.2 Å². The fourth-order valence-electron chi connectivity index (χ4n) is 2.21. The van der Waals surface area contributed by atoms with Crippen LogP contribution >= 0.6 is 11.3 Å². The molecule has 18 heavy (non-hydrogen) atoms. The average molecular weight is 258 g/mol. The lowest BCUT2D eigenvalue weighted by atomic mass is 10.0. The molecule has 1 unspecified atom stereocenters. The molecule has 0 aliphatic carbocycles. The third-order valence-electron chi connectivity index (χ3n) is 3.15. The molecule has 0 radical (unpaired) electrons. The molecule has 0 bridgehead atoms. The van der Waals surface area contributed by atoms with Crippen LogP contribution in [0.1, 0.15) is 22.0 Å². The van der Waals surface area contributed by atoms with E-state index in [2.05, 4.69) is 29.9 Å². The van der Waals surface area contributed by atoms with Gasteiger partial charge in [0.1, 0.15) is 5.58 Å². The van der Waals surface area contributed by atoms with Crippen LogP contribution in [0.2, 0.25) is 0 Å². The van der Waals surface area contributed by atoms with Crippen LogP contribution in [0.5, 0.6) is 0 Å². The third-order valence-corrected chi connectivity index (χ3v) is 4.24. The molecule has 3 N–H and O–H groups in total. The van der Waals surface area contributed by atoms with Gasteiger partial charge in [0.15, 0.2) is 0 Å². The predicted molar refractivity (Wildman–Crippen MR) is 74.4 cm³/mol. The van der Waals surface area contributed by atoms with E-state index in [0.717, 1.165) is 16.5 Å². The fourth-order valence-corrected chi connectivity index (χ4v) is 3.21. The molecule has 3 rings (SSSR count). The molecule has 0 amide bonds. The molecular weight excluding hydrogens is 244 g/mol. The summed E-state index contributed by atoms with van der Waals surface area (Å²) in [5, 5.41) is 3.19. The number of nitrogens with two attached hydrogens (primary N) is 1. The SMILES string of the molecule is Cc1ccsc1C(NN)c1coc2ccccc12. The maximum absolute atomic E-state index is 5.73. The fraction of sp³-hybridized carbons (Fsp3) is 0.143. The van der Waals surface area contributed by atoms with E-state index in [4.69, 9.17) is 10.3 Å². The van der Waals surface area contributed by atoms with Crippen LogP contribution in [0.4, 0.5) is 0 Å². The first-order chi connectivity index (χ1) is 8.81. The molecule has 0 spiro atoms. The van der Waals surface area contributed by atoms with Gasteiger partial charge >= 0.3 is 0 Å². The molecule has 2 aromatic heterocycles. The molecule has 1 aromatic carbocycles. The van der Waals surface area contributed by atoms with E-state index in [0.29, 0.717) is 0 Å². The van der Waals surface area contributed by atoms with Crippen molar-refractivity contribution < 1.29 is 4.42 Å². The van der Waals surface area contributed by atoms with Gasteiger partial charge in [-0.3, -0.25) is 5.84 Å². The number of hydrogen-bond donors (Lipinski definition) is 2. The highest BCUT2D eigenvalue weighted by molar-refractivity contribution is 7.10. The smallest absolute Gasteiger partial charge is 0.134 e. The van der Waals surface area contributed by atoms with Gasteiger partial charge < -0.3 is 4.42 Å². The van der Waals surface area contributed by atoms with Gasteiger partial charge in [-0.2, -0.15) is 0 Å². The molecule has 0 saturated heterocycles. The number of rotatable bonds is 3. The molecular formula is C14H14N2OS. The number of hydrogen-bond acceptors (Lipinski definition) is 4. The van der Waals surface area contributed by atoms with Gasteiger partial charge in [-0.15, -0.1) is 11.3 Å². The topological polar surface area (TPSA) is 51.2 Å². The maximum Gasteiger partial charge on any atom is 0.134 e. The van der Waals surface area contributed by atoms with Crippen LogP contribution in [0.3, 0.4) is 0 Å². The zero-order valence-corrected chi connectivity index (χ0v) is 10.8. The highest BCUT2D eigenvalue weighted by atomic mass is 32.1. The highest BCUT2D eigenvalue weighted by Crippen LogP contribution is 2.33. The number of benzene rings is 1. The van der Waals surface area contributed by atoms with E-state index in [1.54, 1.807) is 17.6 Å². The Labute approximate surface area is 109 Å². The van der Waals surface area contributed by atoms with Crippen molar-refractivity contribution in [2.45, 2.75) is 13.0 Å². The summed E-state index contributed by atoms with van der Waals surface area (Å²) in [5.41, 5.74) is 6.11. The number of fused-ring (bicyclic) bond motifs is 1. The first kappa shape index (κ1) is 11.5. The Morgan fingerprint density at radius 2 is 2.11 bits per heavy atom. The second kappa shape index (κ2) is 4.57. The number of aryl methyl sites for hydroxylation is 1. The van der Waals surface area contributed by atoms with Crippen LogP contribution in [-0.2, 0) is 0 Å². The second-order valence-electron chi connectivity index (χ2n) is 4.25. The monoisotopic (exact) mass is 258 g/mol. The lowest BCUT2D eigenvalue weighted by Gasteiger charge is -2.14. The Hall–Kier alpha value is -1.62. The highest BCUT2D eigenvalue weighted by Gasteiger charge is 2.20. The van der Waals surface area contributed by atoms with E-state index in [9.17, 15) is 0 Å².